The third-order valence-electron chi connectivity index (χ3n) is 2.99. The topological polar surface area (TPSA) is 40.2 Å². The summed E-state index contributed by atoms with van der Waals surface area (Å²) in [5.74, 6) is 0. The Hall–Kier alpha value is 0.491. The Morgan fingerprint density at radius 1 is 1.00 bits per heavy atom. The molecule has 1 aliphatic rings. The molecule has 0 N–H and O–H groups in total. The van der Waals surface area contributed by atoms with Gasteiger partial charge in [0, 0.05) is 5.54 Å². The van der Waals surface area contributed by atoms with Crippen molar-refractivity contribution in [3.8, 4) is 0 Å². The zero-order valence-corrected chi connectivity index (χ0v) is 17.4. The van der Waals surface area contributed by atoms with E-state index in [1.165, 1.54) is 0 Å². The van der Waals surface area contributed by atoms with Gasteiger partial charge in [-0.05, 0) is 45.8 Å². The van der Waals surface area contributed by atoms with Crippen LogP contribution in [0.15, 0.2) is 0 Å². The molecule has 1 fully saturated rings. The normalized spacial score (nSPS) is 21.9. The molecule has 0 aliphatic carbocycles. The molecule has 1 heterocycles. The first-order valence-electron chi connectivity index (χ1n) is 7.51. The average molecular weight is 337 g/mol. The van der Waals surface area contributed by atoms with Crippen molar-refractivity contribution in [3.63, 3.8) is 0 Å². The van der Waals surface area contributed by atoms with E-state index < -0.39 is 25.2 Å². The lowest BCUT2D eigenvalue weighted by Crippen LogP contribution is -2.55. The molecule has 0 aromatic carbocycles. The summed E-state index contributed by atoms with van der Waals surface area (Å²) in [5.41, 5.74) is 0.333. The zero-order valence-electron chi connectivity index (χ0n) is 14.4. The second-order valence-corrected chi connectivity index (χ2v) is 20.9. The smallest absolute Gasteiger partial charge is 0.319 e. The van der Waals surface area contributed by atoms with Gasteiger partial charge in [-0.15, -0.1) is 0 Å². The first-order chi connectivity index (χ1) is 8.91. The summed E-state index contributed by atoms with van der Waals surface area (Å²) in [6.07, 6.45) is 0.325. The molecular weight excluding hydrogens is 304 g/mol. The van der Waals surface area contributed by atoms with Crippen LogP contribution in [0.2, 0.25) is 51.4 Å². The van der Waals surface area contributed by atoms with Crippen LogP contribution < -0.4 is 0 Å². The fourth-order valence-corrected chi connectivity index (χ4v) is 14.4. The van der Waals surface area contributed by atoms with E-state index in [2.05, 4.69) is 52.8 Å². The van der Waals surface area contributed by atoms with Gasteiger partial charge >= 0.3 is 8.56 Å². The molecule has 20 heavy (non-hydrogen) atoms. The maximum Gasteiger partial charge on any atom is 0.319 e. The maximum atomic E-state index is 6.52. The lowest BCUT2D eigenvalue weighted by molar-refractivity contribution is 0.110. The van der Waals surface area contributed by atoms with Crippen LogP contribution in [-0.2, 0) is 17.7 Å². The Morgan fingerprint density at radius 2 is 1.45 bits per heavy atom. The summed E-state index contributed by atoms with van der Waals surface area (Å²) in [6, 6.07) is 0. The van der Waals surface area contributed by atoms with E-state index in [-0.39, 0.29) is 0 Å². The van der Waals surface area contributed by atoms with Gasteiger partial charge in [0.1, 0.15) is 6.10 Å². The van der Waals surface area contributed by atoms with E-state index in [0.29, 0.717) is 24.9 Å². The molecule has 0 bridgehead atoms. The van der Waals surface area contributed by atoms with E-state index in [4.69, 9.17) is 17.7 Å². The highest BCUT2D eigenvalue weighted by Gasteiger charge is 2.45. The van der Waals surface area contributed by atoms with Crippen molar-refractivity contribution in [2.75, 3.05) is 19.8 Å². The van der Waals surface area contributed by atoms with Gasteiger partial charge in [0.15, 0.2) is 16.6 Å². The van der Waals surface area contributed by atoms with E-state index in [9.17, 15) is 0 Å². The van der Waals surface area contributed by atoms with E-state index >= 15 is 0 Å². The SMILES string of the molecule is CC(COCC1CO1)[Si](C)(O[Si](C)(C)C)O[Si](C)(C)C. The van der Waals surface area contributed by atoms with Gasteiger partial charge in [-0.25, -0.2) is 0 Å². The summed E-state index contributed by atoms with van der Waals surface area (Å²) in [5, 5.41) is 0. The summed E-state index contributed by atoms with van der Waals surface area (Å²) in [7, 11) is -5.47. The Morgan fingerprint density at radius 3 is 1.80 bits per heavy atom. The molecule has 0 aromatic rings. The molecule has 0 saturated carbocycles. The van der Waals surface area contributed by atoms with Crippen molar-refractivity contribution in [1.29, 1.82) is 0 Å². The van der Waals surface area contributed by atoms with E-state index in [0.717, 1.165) is 6.61 Å². The molecule has 0 radical (unpaired) electrons. The van der Waals surface area contributed by atoms with E-state index in [1.807, 2.05) is 0 Å². The Labute approximate surface area is 127 Å². The number of hydrogen-bond donors (Lipinski definition) is 0. The second-order valence-electron chi connectivity index (χ2n) is 7.84. The van der Waals surface area contributed by atoms with Crippen LogP contribution >= 0.6 is 0 Å². The van der Waals surface area contributed by atoms with Gasteiger partial charge in [0.2, 0.25) is 0 Å². The van der Waals surface area contributed by atoms with Crippen molar-refractivity contribution in [3.05, 3.63) is 0 Å². The van der Waals surface area contributed by atoms with Crippen molar-refractivity contribution in [2.45, 2.75) is 64.4 Å². The quantitative estimate of drug-likeness (QED) is 0.477. The molecule has 0 aromatic heterocycles. The lowest BCUT2D eigenvalue weighted by Gasteiger charge is -2.41. The second kappa shape index (κ2) is 6.72. The van der Waals surface area contributed by atoms with Crippen LogP contribution in [0.25, 0.3) is 0 Å². The molecule has 1 aliphatic heterocycles. The molecule has 120 valence electrons. The lowest BCUT2D eigenvalue weighted by atomic mass is 10.5. The van der Waals surface area contributed by atoms with Gasteiger partial charge in [-0.1, -0.05) is 6.92 Å². The molecule has 1 rings (SSSR count). The van der Waals surface area contributed by atoms with Gasteiger partial charge < -0.3 is 17.7 Å². The molecule has 1 saturated heterocycles. The van der Waals surface area contributed by atoms with Crippen LogP contribution in [0, 0.1) is 0 Å². The molecule has 2 unspecified atom stereocenters. The molecular formula is C13H32O4Si3. The Balaban J connectivity index is 2.62. The average Bonchev–Trinajstić information content (AvgIpc) is 2.94. The highest BCUT2D eigenvalue weighted by atomic mass is 28.5. The molecule has 2 atom stereocenters. The number of rotatable bonds is 9. The number of ether oxygens (including phenoxy) is 2. The summed E-state index contributed by atoms with van der Waals surface area (Å²) in [4.78, 5) is 0. The predicted octanol–water partition coefficient (Wildman–Crippen LogP) is 3.57. The molecule has 4 nitrogen and oxygen atoms in total. The first-order valence-corrected chi connectivity index (χ1v) is 16.7. The third-order valence-corrected chi connectivity index (χ3v) is 13.1. The minimum Gasteiger partial charge on any atom is -0.436 e. The number of hydrogen-bond acceptors (Lipinski definition) is 4. The third kappa shape index (κ3) is 7.49. The Kier molecular flexibility index (Phi) is 6.23. The van der Waals surface area contributed by atoms with Gasteiger partial charge in [0.05, 0.1) is 19.8 Å². The van der Waals surface area contributed by atoms with Crippen LogP contribution in [0.3, 0.4) is 0 Å². The minimum atomic E-state index is -2.22. The highest BCUT2D eigenvalue weighted by Crippen LogP contribution is 2.31. The standard InChI is InChI=1S/C13H32O4Si3/c1-12(9-14-10-13-11-15-13)20(8,16-18(2,3)4)17-19(5,6)7/h12-13H,9-11H2,1-8H3. The number of epoxide rings is 1. The highest BCUT2D eigenvalue weighted by molar-refractivity contribution is 6.88. The fraction of sp³-hybridized carbons (Fsp3) is 1.00. The van der Waals surface area contributed by atoms with E-state index in [1.54, 1.807) is 0 Å². The summed E-state index contributed by atoms with van der Waals surface area (Å²) in [6.45, 7) is 20.1. The maximum absolute atomic E-state index is 6.52. The zero-order chi connectivity index (χ0) is 15.6. The van der Waals surface area contributed by atoms with Crippen LogP contribution in [0.1, 0.15) is 6.92 Å². The minimum absolute atomic E-state index is 0.325. The molecule has 0 spiro atoms. The molecule has 0 amide bonds. The van der Waals surface area contributed by atoms with Crippen molar-refractivity contribution in [1.82, 2.24) is 0 Å². The Bertz CT molecular complexity index is 292. The van der Waals surface area contributed by atoms with Crippen LogP contribution in [-0.4, -0.2) is 51.1 Å². The predicted molar refractivity (Wildman–Crippen MR) is 90.5 cm³/mol. The van der Waals surface area contributed by atoms with Crippen molar-refractivity contribution in [2.24, 2.45) is 0 Å². The summed E-state index contributed by atoms with van der Waals surface area (Å²) < 4.78 is 24.0. The first kappa shape index (κ1) is 18.5. The fourth-order valence-electron chi connectivity index (χ4n) is 2.13. The monoisotopic (exact) mass is 336 g/mol. The van der Waals surface area contributed by atoms with Crippen molar-refractivity contribution < 1.29 is 17.7 Å². The largest absolute Gasteiger partial charge is 0.436 e. The summed E-state index contributed by atoms with van der Waals surface area (Å²) >= 11 is 0. The van der Waals surface area contributed by atoms with Gasteiger partial charge in [0.25, 0.3) is 0 Å². The van der Waals surface area contributed by atoms with Gasteiger partial charge in [-0.3, -0.25) is 0 Å². The van der Waals surface area contributed by atoms with Gasteiger partial charge in [-0.2, -0.15) is 0 Å². The van der Waals surface area contributed by atoms with Crippen LogP contribution in [0.5, 0.6) is 0 Å². The molecule has 7 heteroatoms. The van der Waals surface area contributed by atoms with Crippen LogP contribution in [0.4, 0.5) is 0 Å². The van der Waals surface area contributed by atoms with Crippen molar-refractivity contribution >= 4 is 25.2 Å².